The minimum absolute atomic E-state index is 0.0696. The zero-order chi connectivity index (χ0) is 20.4. The van der Waals surface area contributed by atoms with Crippen molar-refractivity contribution in [2.45, 2.75) is 49.7 Å². The van der Waals surface area contributed by atoms with Crippen LogP contribution in [0.1, 0.15) is 55.6 Å². The fourth-order valence-electron chi connectivity index (χ4n) is 2.93. The Morgan fingerprint density at radius 2 is 2.03 bits per heavy atom. The molecule has 0 N–H and O–H groups in total. The van der Waals surface area contributed by atoms with Gasteiger partial charge in [0.2, 0.25) is 5.89 Å². The molecule has 1 aliphatic rings. The Labute approximate surface area is 173 Å². The number of nitrogens with zero attached hydrogens (tertiary/aromatic N) is 5. The Morgan fingerprint density at radius 3 is 2.76 bits per heavy atom. The summed E-state index contributed by atoms with van der Waals surface area (Å²) in [4.78, 5) is 4.48. The molecular weight excluding hydrogens is 390 g/mol. The zero-order valence-electron chi connectivity index (χ0n) is 16.6. The van der Waals surface area contributed by atoms with Gasteiger partial charge in [0.05, 0.1) is 5.25 Å². The molecule has 3 heterocycles. The van der Waals surface area contributed by atoms with Gasteiger partial charge in [-0.2, -0.15) is 4.98 Å². The Morgan fingerprint density at radius 1 is 1.24 bits per heavy atom. The molecule has 0 radical (unpaired) electrons. The molecule has 2 aromatic heterocycles. The van der Waals surface area contributed by atoms with Gasteiger partial charge in [-0.25, -0.2) is 0 Å². The Hall–Kier alpha value is -2.81. The van der Waals surface area contributed by atoms with Crippen LogP contribution < -0.4 is 9.47 Å². The van der Waals surface area contributed by atoms with Crippen LogP contribution in [0, 0.1) is 0 Å². The number of thioether (sulfide) groups is 1. The van der Waals surface area contributed by atoms with Gasteiger partial charge >= 0.3 is 0 Å². The van der Waals surface area contributed by atoms with Gasteiger partial charge in [-0.05, 0) is 19.1 Å². The molecule has 0 spiro atoms. The molecule has 4 rings (SSSR count). The van der Waals surface area contributed by atoms with Crippen LogP contribution in [-0.4, -0.2) is 31.5 Å². The van der Waals surface area contributed by atoms with Crippen molar-refractivity contribution >= 4 is 11.8 Å². The van der Waals surface area contributed by atoms with Gasteiger partial charge in [0.1, 0.15) is 6.61 Å². The number of aromatic nitrogens is 5. The van der Waals surface area contributed by atoms with E-state index in [-0.39, 0.29) is 17.3 Å². The van der Waals surface area contributed by atoms with Crippen LogP contribution in [0.2, 0.25) is 0 Å². The molecule has 3 aromatic rings. The van der Waals surface area contributed by atoms with Gasteiger partial charge in [0.25, 0.3) is 0 Å². The van der Waals surface area contributed by atoms with E-state index in [9.17, 15) is 0 Å². The van der Waals surface area contributed by atoms with E-state index >= 15 is 0 Å². The lowest BCUT2D eigenvalue weighted by molar-refractivity contribution is 0.0821. The molecule has 8 nitrogen and oxygen atoms in total. The highest BCUT2D eigenvalue weighted by atomic mass is 32.2. The summed E-state index contributed by atoms with van der Waals surface area (Å²) < 4.78 is 19.3. The van der Waals surface area contributed by atoms with Crippen molar-refractivity contribution in [3.05, 3.63) is 54.5 Å². The predicted molar refractivity (Wildman–Crippen MR) is 108 cm³/mol. The Bertz CT molecular complexity index is 1000. The van der Waals surface area contributed by atoms with Crippen molar-refractivity contribution in [3.63, 3.8) is 0 Å². The molecule has 0 fully saturated rings. The zero-order valence-corrected chi connectivity index (χ0v) is 17.4. The summed E-state index contributed by atoms with van der Waals surface area (Å²) in [6, 6.07) is 7.60. The average Bonchev–Trinajstić information content (AvgIpc) is 3.36. The topological polar surface area (TPSA) is 88.1 Å². The van der Waals surface area contributed by atoms with Crippen molar-refractivity contribution < 1.29 is 14.0 Å². The number of fused-ring (bicyclic) bond motifs is 1. The third kappa shape index (κ3) is 4.00. The summed E-state index contributed by atoms with van der Waals surface area (Å²) in [5, 5.41) is 13.5. The third-order valence-corrected chi connectivity index (χ3v) is 5.53. The normalized spacial score (nSPS) is 16.8. The second kappa shape index (κ2) is 8.28. The van der Waals surface area contributed by atoms with E-state index in [2.05, 4.69) is 26.9 Å². The lowest BCUT2D eigenvalue weighted by atomic mass is 10.2. The molecule has 0 amide bonds. The molecule has 0 saturated heterocycles. The minimum Gasteiger partial charge on any atom is -0.485 e. The maximum absolute atomic E-state index is 6.10. The number of rotatable bonds is 7. The molecule has 2 atom stereocenters. The van der Waals surface area contributed by atoms with Crippen LogP contribution in [-0.2, 0) is 6.54 Å². The number of benzene rings is 1. The van der Waals surface area contributed by atoms with Gasteiger partial charge in [-0.15, -0.1) is 16.8 Å². The van der Waals surface area contributed by atoms with Crippen molar-refractivity contribution in [2.75, 3.05) is 6.61 Å². The Kier molecular flexibility index (Phi) is 5.57. The van der Waals surface area contributed by atoms with Crippen LogP contribution in [0.3, 0.4) is 0 Å². The molecular formula is C20H23N5O3S. The summed E-state index contributed by atoms with van der Waals surface area (Å²) in [6.07, 6.45) is 1.46. The molecule has 0 saturated carbocycles. The predicted octanol–water partition coefficient (Wildman–Crippen LogP) is 4.34. The third-order valence-electron chi connectivity index (χ3n) is 4.46. The van der Waals surface area contributed by atoms with E-state index in [4.69, 9.17) is 14.0 Å². The van der Waals surface area contributed by atoms with E-state index in [0.717, 1.165) is 10.9 Å². The average molecular weight is 414 g/mol. The van der Waals surface area contributed by atoms with Crippen LogP contribution in [0.5, 0.6) is 11.5 Å². The molecule has 152 valence electrons. The summed E-state index contributed by atoms with van der Waals surface area (Å²) in [5.41, 5.74) is 0. The van der Waals surface area contributed by atoms with Gasteiger partial charge in [-0.1, -0.05) is 49.0 Å². The second-order valence-corrected chi connectivity index (χ2v) is 8.32. The quantitative estimate of drug-likeness (QED) is 0.418. The first-order chi connectivity index (χ1) is 14.1. The maximum atomic E-state index is 6.10. The maximum Gasteiger partial charge on any atom is 0.239 e. The van der Waals surface area contributed by atoms with Crippen LogP contribution in [0.15, 0.2) is 46.6 Å². The van der Waals surface area contributed by atoms with Crippen molar-refractivity contribution in [1.82, 2.24) is 24.9 Å². The van der Waals surface area contributed by atoms with Crippen molar-refractivity contribution in [1.29, 1.82) is 0 Å². The first kappa shape index (κ1) is 19.5. The number of allylic oxidation sites excluding steroid dienone is 1. The molecule has 9 heteroatoms. The van der Waals surface area contributed by atoms with E-state index in [1.54, 1.807) is 0 Å². The van der Waals surface area contributed by atoms with Gasteiger partial charge < -0.3 is 14.0 Å². The highest BCUT2D eigenvalue weighted by Gasteiger charge is 2.29. The van der Waals surface area contributed by atoms with E-state index < -0.39 is 0 Å². The van der Waals surface area contributed by atoms with Crippen molar-refractivity contribution in [2.24, 2.45) is 0 Å². The smallest absolute Gasteiger partial charge is 0.239 e. The fourth-order valence-corrected chi connectivity index (χ4v) is 3.82. The van der Waals surface area contributed by atoms with Crippen LogP contribution in [0.25, 0.3) is 0 Å². The van der Waals surface area contributed by atoms with Crippen LogP contribution in [0.4, 0.5) is 0 Å². The van der Waals surface area contributed by atoms with Gasteiger partial charge in [0, 0.05) is 12.5 Å². The lowest BCUT2D eigenvalue weighted by Gasteiger charge is -2.26. The molecule has 0 aliphatic carbocycles. The highest BCUT2D eigenvalue weighted by molar-refractivity contribution is 7.99. The molecule has 0 bridgehead atoms. The highest BCUT2D eigenvalue weighted by Crippen LogP contribution is 2.38. The Balaban J connectivity index is 1.56. The van der Waals surface area contributed by atoms with Gasteiger partial charge in [-0.3, -0.25) is 4.57 Å². The number of hydrogen-bond acceptors (Lipinski definition) is 8. The number of para-hydroxylation sites is 2. The van der Waals surface area contributed by atoms with E-state index in [1.807, 2.05) is 55.7 Å². The number of ether oxygens (including phenoxy) is 2. The lowest BCUT2D eigenvalue weighted by Crippen LogP contribution is -2.25. The van der Waals surface area contributed by atoms with E-state index in [1.165, 1.54) is 11.8 Å². The molecule has 29 heavy (non-hydrogen) atoms. The summed E-state index contributed by atoms with van der Waals surface area (Å²) >= 11 is 1.51. The standard InChI is InChI=1S/C20H23N5O3S/c1-5-10-25-18(16-11-26-14-8-6-7-9-15(14)27-16)22-23-20(25)29-13(4)19-21-17(12(2)3)24-28-19/h5-9,12-13,16H,1,10-11H2,2-4H3/t13-,16-/m0/s1. The summed E-state index contributed by atoms with van der Waals surface area (Å²) in [7, 11) is 0. The minimum atomic E-state index is -0.349. The molecule has 1 aromatic carbocycles. The van der Waals surface area contributed by atoms with Gasteiger partial charge in [0.15, 0.2) is 34.4 Å². The molecule has 0 unspecified atom stereocenters. The largest absolute Gasteiger partial charge is 0.485 e. The first-order valence-electron chi connectivity index (χ1n) is 9.49. The first-order valence-corrected chi connectivity index (χ1v) is 10.4. The summed E-state index contributed by atoms with van der Waals surface area (Å²) in [5.74, 6) is 3.62. The fraction of sp³-hybridized carbons (Fsp3) is 0.400. The van der Waals surface area contributed by atoms with E-state index in [0.29, 0.717) is 36.4 Å². The van der Waals surface area contributed by atoms with Crippen molar-refractivity contribution in [3.8, 4) is 11.5 Å². The summed E-state index contributed by atoms with van der Waals surface area (Å²) in [6.45, 7) is 10.9. The molecule has 1 aliphatic heterocycles. The number of hydrogen-bond donors (Lipinski definition) is 0. The van der Waals surface area contributed by atoms with Crippen LogP contribution >= 0.6 is 11.8 Å². The second-order valence-electron chi connectivity index (χ2n) is 7.01. The monoisotopic (exact) mass is 413 g/mol. The SMILES string of the molecule is C=CCn1c(S[C@@H](C)c2nc(C(C)C)no2)nnc1[C@@H]1COc2ccccc2O1.